The normalized spacial score (nSPS) is 31.3. The molecule has 4 amide bonds. The Hall–Kier alpha value is -4.21. The highest BCUT2D eigenvalue weighted by atomic mass is 19.1. The van der Waals surface area contributed by atoms with Gasteiger partial charge in [-0.05, 0) is 38.1 Å². The number of hydrogen-bond acceptors (Lipinski definition) is 6. The Bertz CT molecular complexity index is 1440. The number of hydrogen-bond donors (Lipinski definition) is 0. The molecule has 2 bridgehead atoms. The highest BCUT2D eigenvalue weighted by molar-refractivity contribution is 6.27. The summed E-state index contributed by atoms with van der Waals surface area (Å²) < 4.78 is 34.9. The van der Waals surface area contributed by atoms with E-state index in [9.17, 15) is 32.8 Å². The van der Waals surface area contributed by atoms with E-state index in [4.69, 9.17) is 4.74 Å². The van der Waals surface area contributed by atoms with Gasteiger partial charge in [0.15, 0.2) is 0 Å². The van der Waals surface area contributed by atoms with Gasteiger partial charge in [-0.2, -0.15) is 0 Å². The topological polar surface area (TPSA) is 101 Å². The minimum atomic E-state index is -1.65. The van der Waals surface area contributed by atoms with Crippen LogP contribution in [0.15, 0.2) is 59.7 Å². The van der Waals surface area contributed by atoms with Crippen LogP contribution in [0, 0.1) is 46.6 Å². The number of para-hydroxylation sites is 2. The van der Waals surface area contributed by atoms with Gasteiger partial charge in [0.2, 0.25) is 23.6 Å². The van der Waals surface area contributed by atoms with E-state index >= 15 is 0 Å². The lowest BCUT2D eigenvalue weighted by atomic mass is 9.43. The molecular formula is C29H24F2N2O6. The second-order valence-electron chi connectivity index (χ2n) is 10.5. The van der Waals surface area contributed by atoms with Crippen molar-refractivity contribution in [2.24, 2.45) is 35.0 Å². The predicted molar refractivity (Wildman–Crippen MR) is 133 cm³/mol. The molecule has 0 aromatic heterocycles. The van der Waals surface area contributed by atoms with Gasteiger partial charge in [0.05, 0.1) is 41.7 Å². The van der Waals surface area contributed by atoms with Crippen molar-refractivity contribution >= 4 is 41.0 Å². The van der Waals surface area contributed by atoms with Crippen LogP contribution >= 0.6 is 0 Å². The third-order valence-electron chi connectivity index (χ3n) is 8.87. The summed E-state index contributed by atoms with van der Waals surface area (Å²) in [6.45, 7) is 4.73. The smallest absolute Gasteiger partial charge is 0.334 e. The van der Waals surface area contributed by atoms with Gasteiger partial charge in [-0.1, -0.05) is 36.8 Å². The third-order valence-corrected chi connectivity index (χ3v) is 8.87. The number of carbonyl (C=O) groups excluding carboxylic acids is 5. The first-order chi connectivity index (χ1) is 18.6. The van der Waals surface area contributed by atoms with Gasteiger partial charge in [0.25, 0.3) is 0 Å². The van der Waals surface area contributed by atoms with Crippen LogP contribution in [-0.2, 0) is 28.7 Å². The Morgan fingerprint density at radius 2 is 1.23 bits per heavy atom. The first-order valence-corrected chi connectivity index (χ1v) is 12.7. The van der Waals surface area contributed by atoms with E-state index in [2.05, 4.69) is 0 Å². The molecule has 2 saturated heterocycles. The summed E-state index contributed by atoms with van der Waals surface area (Å²) in [7, 11) is 0. The van der Waals surface area contributed by atoms with Crippen LogP contribution in [0.1, 0.15) is 20.8 Å². The van der Waals surface area contributed by atoms with Crippen molar-refractivity contribution in [1.82, 2.24) is 0 Å². The number of ether oxygens (including phenoxy) is 1. The van der Waals surface area contributed by atoms with Gasteiger partial charge < -0.3 is 4.74 Å². The van der Waals surface area contributed by atoms with Crippen LogP contribution in [0.3, 0.4) is 0 Å². The largest absolute Gasteiger partial charge is 0.463 e. The first-order valence-electron chi connectivity index (χ1n) is 12.7. The third kappa shape index (κ3) is 2.99. The SMILES string of the molecule is CCOC(=O)C1=C(C)C2[C@@H]3C(=O)N(c4ccccc4F)C(=O)[C@@H]3C1(C)[C@H]1C(=O)N(c3ccccc3F)C(=O)[C@@H]21. The zero-order chi connectivity index (χ0) is 28.0. The first kappa shape index (κ1) is 25.1. The van der Waals surface area contributed by atoms with Crippen LogP contribution in [0.5, 0.6) is 0 Å². The maximum absolute atomic E-state index is 14.8. The number of esters is 1. The minimum Gasteiger partial charge on any atom is -0.463 e. The lowest BCUT2D eigenvalue weighted by Crippen LogP contribution is -2.61. The number of anilines is 2. The molecule has 2 aliphatic heterocycles. The number of benzene rings is 2. The van der Waals surface area contributed by atoms with Crippen molar-refractivity contribution in [1.29, 1.82) is 0 Å². The van der Waals surface area contributed by atoms with E-state index < -0.39 is 76.2 Å². The average Bonchev–Trinajstić information content (AvgIpc) is 3.31. The summed E-state index contributed by atoms with van der Waals surface area (Å²) in [5.74, 6) is -11.0. The molecule has 0 N–H and O–H groups in total. The number of allylic oxidation sites excluding steroid dienone is 1. The van der Waals surface area contributed by atoms with Gasteiger partial charge in [-0.3, -0.25) is 19.2 Å². The zero-order valence-electron chi connectivity index (χ0n) is 21.3. The number of nitrogens with zero attached hydrogens (tertiary/aromatic N) is 2. The van der Waals surface area contributed by atoms with Crippen LogP contribution in [-0.4, -0.2) is 36.2 Å². The van der Waals surface area contributed by atoms with Crippen LogP contribution in [0.4, 0.5) is 20.2 Å². The van der Waals surface area contributed by atoms with Crippen molar-refractivity contribution in [3.63, 3.8) is 0 Å². The predicted octanol–water partition coefficient (Wildman–Crippen LogP) is 3.41. The average molecular weight is 535 g/mol. The molecule has 1 saturated carbocycles. The van der Waals surface area contributed by atoms with E-state index in [1.165, 1.54) is 43.3 Å². The van der Waals surface area contributed by atoms with Crippen molar-refractivity contribution in [2.45, 2.75) is 20.8 Å². The maximum Gasteiger partial charge on any atom is 0.334 e. The molecule has 200 valence electrons. The molecule has 3 fully saturated rings. The Morgan fingerprint density at radius 1 is 0.795 bits per heavy atom. The molecule has 3 aliphatic carbocycles. The van der Waals surface area contributed by atoms with Crippen LogP contribution in [0.2, 0.25) is 0 Å². The van der Waals surface area contributed by atoms with Crippen molar-refractivity contribution in [3.8, 4) is 0 Å². The summed E-state index contributed by atoms with van der Waals surface area (Å²) >= 11 is 0. The second kappa shape index (κ2) is 8.39. The Balaban J connectivity index is 1.57. The molecule has 10 heteroatoms. The molecule has 5 aliphatic rings. The standard InChI is InChI=1S/C29H24F2N2O6/c1-4-39-28(38)21-13(2)18-19-22(26(36)32(24(19)34)16-11-7-5-9-14(16)30)29(21,3)23-20(18)25(35)33(27(23)37)17-12-8-6-10-15(17)31/h5-12,18-20,22-23H,4H2,1-3H3/t18?,19-,20-,22+,23+,29?/m0/s1. The fourth-order valence-electron chi connectivity index (χ4n) is 7.55. The Labute approximate surface area is 222 Å². The van der Waals surface area contributed by atoms with E-state index in [0.717, 1.165) is 21.9 Å². The molecule has 8 nitrogen and oxygen atoms in total. The van der Waals surface area contributed by atoms with Crippen molar-refractivity contribution in [3.05, 3.63) is 71.3 Å². The van der Waals surface area contributed by atoms with Gasteiger partial charge in [-0.15, -0.1) is 0 Å². The van der Waals surface area contributed by atoms with Crippen molar-refractivity contribution < 1.29 is 37.5 Å². The Morgan fingerprint density at radius 3 is 1.64 bits per heavy atom. The number of halogens is 2. The quantitative estimate of drug-likeness (QED) is 0.440. The molecule has 2 heterocycles. The van der Waals surface area contributed by atoms with E-state index in [-0.39, 0.29) is 23.6 Å². The Kier molecular flexibility index (Phi) is 5.40. The van der Waals surface area contributed by atoms with Gasteiger partial charge >= 0.3 is 5.97 Å². The van der Waals surface area contributed by atoms with Gasteiger partial charge in [0.1, 0.15) is 11.6 Å². The molecule has 0 spiro atoms. The molecule has 2 aromatic carbocycles. The lowest BCUT2D eigenvalue weighted by Gasteiger charge is -2.55. The van der Waals surface area contributed by atoms with Gasteiger partial charge in [-0.25, -0.2) is 23.4 Å². The lowest BCUT2D eigenvalue weighted by molar-refractivity contribution is -0.155. The van der Waals surface area contributed by atoms with E-state index in [0.29, 0.717) is 5.57 Å². The zero-order valence-corrected chi connectivity index (χ0v) is 21.3. The summed E-state index contributed by atoms with van der Waals surface area (Å²) in [5, 5.41) is 0. The number of imide groups is 2. The van der Waals surface area contributed by atoms with Crippen LogP contribution < -0.4 is 9.80 Å². The van der Waals surface area contributed by atoms with Crippen LogP contribution in [0.25, 0.3) is 0 Å². The second-order valence-corrected chi connectivity index (χ2v) is 10.5. The highest BCUT2D eigenvalue weighted by Crippen LogP contribution is 2.68. The number of carbonyl (C=O) groups is 5. The monoisotopic (exact) mass is 534 g/mol. The molecule has 2 aromatic rings. The summed E-state index contributed by atoms with van der Waals surface area (Å²) in [6.07, 6.45) is 0. The fraction of sp³-hybridized carbons (Fsp3) is 0.345. The molecule has 4 atom stereocenters. The van der Waals surface area contributed by atoms with Gasteiger partial charge in [0, 0.05) is 16.9 Å². The van der Waals surface area contributed by atoms with E-state index in [1.807, 2.05) is 0 Å². The summed E-state index contributed by atoms with van der Waals surface area (Å²) in [4.78, 5) is 70.7. The summed E-state index contributed by atoms with van der Waals surface area (Å²) in [6, 6.07) is 10.7. The molecular weight excluding hydrogens is 510 g/mol. The van der Waals surface area contributed by atoms with E-state index in [1.54, 1.807) is 13.8 Å². The molecule has 7 rings (SSSR count). The minimum absolute atomic E-state index is 0.0149. The molecule has 0 unspecified atom stereocenters. The molecule has 0 radical (unpaired) electrons. The maximum atomic E-state index is 14.8. The number of amides is 4. The summed E-state index contributed by atoms with van der Waals surface area (Å²) in [5.41, 5.74) is -1.71. The number of rotatable bonds is 4. The van der Waals surface area contributed by atoms with Crippen molar-refractivity contribution in [2.75, 3.05) is 16.4 Å². The molecule has 39 heavy (non-hydrogen) atoms. The fourth-order valence-corrected chi connectivity index (χ4v) is 7.55. The highest BCUT2D eigenvalue weighted by Gasteiger charge is 2.77.